The van der Waals surface area contributed by atoms with Gasteiger partial charge in [0.05, 0.1) is 11.9 Å². The second-order valence-electron chi connectivity index (χ2n) is 9.61. The van der Waals surface area contributed by atoms with E-state index < -0.39 is 28.5 Å². The van der Waals surface area contributed by atoms with Crippen molar-refractivity contribution < 1.29 is 18.0 Å². The first-order valence-corrected chi connectivity index (χ1v) is 15.2. The molecule has 1 atom stereocenters. The molecular formula is C27H35Cl2N3O4S. The van der Waals surface area contributed by atoms with Crippen LogP contribution in [0.25, 0.3) is 0 Å². The number of carbonyl (C=O) groups is 2. The van der Waals surface area contributed by atoms with E-state index in [4.69, 9.17) is 23.2 Å². The summed E-state index contributed by atoms with van der Waals surface area (Å²) >= 11 is 12.2. The lowest BCUT2D eigenvalue weighted by atomic mass is 9.95. The monoisotopic (exact) mass is 567 g/mol. The highest BCUT2D eigenvalue weighted by molar-refractivity contribution is 7.92. The summed E-state index contributed by atoms with van der Waals surface area (Å²) in [7, 11) is -3.87. The van der Waals surface area contributed by atoms with Crippen molar-refractivity contribution in [2.75, 3.05) is 17.1 Å². The molecule has 0 aliphatic heterocycles. The molecular weight excluding hydrogens is 533 g/mol. The Bertz CT molecular complexity index is 1200. The van der Waals surface area contributed by atoms with Crippen LogP contribution in [0.5, 0.6) is 0 Å². The molecule has 37 heavy (non-hydrogen) atoms. The molecule has 202 valence electrons. The molecule has 1 fully saturated rings. The number of rotatable bonds is 10. The molecule has 2 amide bonds. The third kappa shape index (κ3) is 8.09. The van der Waals surface area contributed by atoms with E-state index in [0.29, 0.717) is 6.42 Å². The Morgan fingerprint density at radius 2 is 1.68 bits per heavy atom. The van der Waals surface area contributed by atoms with Crippen molar-refractivity contribution in [2.45, 2.75) is 71.0 Å². The number of anilines is 1. The first-order chi connectivity index (χ1) is 17.5. The average Bonchev–Trinajstić information content (AvgIpc) is 2.82. The minimum atomic E-state index is -3.87. The number of carbonyl (C=O) groups excluding carboxylic acids is 2. The SMILES string of the molecule is CC[C@H](C(=O)NC1CCCCC1)N(Cc1ccccc1C)C(=O)CN(c1cc(Cl)cc(Cl)c1)S(C)(=O)=O. The predicted molar refractivity (Wildman–Crippen MR) is 149 cm³/mol. The fourth-order valence-electron chi connectivity index (χ4n) is 4.73. The maximum absolute atomic E-state index is 13.8. The molecule has 1 aliphatic rings. The van der Waals surface area contributed by atoms with Gasteiger partial charge < -0.3 is 10.2 Å². The minimum absolute atomic E-state index is 0.0897. The molecule has 10 heteroatoms. The molecule has 7 nitrogen and oxygen atoms in total. The van der Waals surface area contributed by atoms with Gasteiger partial charge in [0, 0.05) is 22.6 Å². The molecule has 1 N–H and O–H groups in total. The zero-order valence-corrected chi connectivity index (χ0v) is 23.9. The van der Waals surface area contributed by atoms with E-state index in [0.717, 1.165) is 53.8 Å². The standard InChI is InChI=1S/C27H35Cl2N3O4S/c1-4-25(27(34)30-23-12-6-5-7-13-23)31(17-20-11-9-8-10-19(20)2)26(33)18-32(37(3,35)36)24-15-21(28)14-22(29)16-24/h8-11,14-16,23,25H,4-7,12-13,17-18H2,1-3H3,(H,30,34)/t25-/m1/s1. The summed E-state index contributed by atoms with van der Waals surface area (Å²) in [6, 6.07) is 11.4. The molecule has 0 spiro atoms. The molecule has 1 saturated carbocycles. The van der Waals surface area contributed by atoms with Gasteiger partial charge in [-0.15, -0.1) is 0 Å². The highest BCUT2D eigenvalue weighted by Crippen LogP contribution is 2.28. The van der Waals surface area contributed by atoms with E-state index in [2.05, 4.69) is 5.32 Å². The molecule has 3 rings (SSSR count). The van der Waals surface area contributed by atoms with Gasteiger partial charge in [-0.1, -0.05) is 73.7 Å². The van der Waals surface area contributed by atoms with E-state index in [-0.39, 0.29) is 34.2 Å². The van der Waals surface area contributed by atoms with Crippen molar-refractivity contribution in [1.82, 2.24) is 10.2 Å². The molecule has 0 saturated heterocycles. The van der Waals surface area contributed by atoms with Crippen LogP contribution in [0, 0.1) is 6.92 Å². The molecule has 0 radical (unpaired) electrons. The van der Waals surface area contributed by atoms with E-state index >= 15 is 0 Å². The van der Waals surface area contributed by atoms with Gasteiger partial charge in [0.15, 0.2) is 0 Å². The van der Waals surface area contributed by atoms with Crippen LogP contribution in [0.4, 0.5) is 5.69 Å². The van der Waals surface area contributed by atoms with E-state index in [1.54, 1.807) is 0 Å². The number of hydrogen-bond donors (Lipinski definition) is 1. The number of sulfonamides is 1. The Labute approximate surface area is 230 Å². The molecule has 0 heterocycles. The summed E-state index contributed by atoms with van der Waals surface area (Å²) in [5.74, 6) is -0.705. The van der Waals surface area contributed by atoms with Crippen LogP contribution >= 0.6 is 23.2 Å². The van der Waals surface area contributed by atoms with E-state index in [9.17, 15) is 18.0 Å². The molecule has 0 unspecified atom stereocenters. The topological polar surface area (TPSA) is 86.8 Å². The second-order valence-corrected chi connectivity index (χ2v) is 12.4. The van der Waals surface area contributed by atoms with Crippen molar-refractivity contribution >= 4 is 50.7 Å². The number of nitrogens with one attached hydrogen (secondary N) is 1. The Kier molecular flexibility index (Phi) is 10.3. The average molecular weight is 569 g/mol. The number of hydrogen-bond acceptors (Lipinski definition) is 4. The first kappa shape index (κ1) is 29.3. The summed E-state index contributed by atoms with van der Waals surface area (Å²) in [5, 5.41) is 3.63. The van der Waals surface area contributed by atoms with Gasteiger partial charge in [0.1, 0.15) is 12.6 Å². The van der Waals surface area contributed by atoms with Gasteiger partial charge in [0.25, 0.3) is 0 Å². The van der Waals surface area contributed by atoms with Crippen LogP contribution in [-0.4, -0.2) is 50.0 Å². The Balaban J connectivity index is 1.94. The van der Waals surface area contributed by atoms with Crippen LogP contribution < -0.4 is 9.62 Å². The van der Waals surface area contributed by atoms with Crippen molar-refractivity contribution in [2.24, 2.45) is 0 Å². The Hall–Kier alpha value is -2.29. The van der Waals surface area contributed by atoms with Crippen LogP contribution in [0.15, 0.2) is 42.5 Å². The smallest absolute Gasteiger partial charge is 0.244 e. The maximum atomic E-state index is 13.8. The second kappa shape index (κ2) is 13.0. The van der Waals surface area contributed by atoms with Crippen LogP contribution in [0.3, 0.4) is 0 Å². The van der Waals surface area contributed by atoms with Crippen LogP contribution in [0.1, 0.15) is 56.6 Å². The molecule has 0 bridgehead atoms. The van der Waals surface area contributed by atoms with Crippen LogP contribution in [0.2, 0.25) is 10.0 Å². The lowest BCUT2D eigenvalue weighted by molar-refractivity contribution is -0.140. The predicted octanol–water partition coefficient (Wildman–Crippen LogP) is 5.32. The molecule has 0 aromatic heterocycles. The van der Waals surface area contributed by atoms with Gasteiger partial charge in [-0.25, -0.2) is 8.42 Å². The molecule has 2 aromatic rings. The number of benzene rings is 2. The normalized spacial score (nSPS) is 15.2. The Morgan fingerprint density at radius 3 is 2.24 bits per heavy atom. The minimum Gasteiger partial charge on any atom is -0.352 e. The third-order valence-electron chi connectivity index (χ3n) is 6.75. The van der Waals surface area contributed by atoms with Crippen LogP contribution in [-0.2, 0) is 26.2 Å². The lowest BCUT2D eigenvalue weighted by Gasteiger charge is -2.34. The van der Waals surface area contributed by atoms with Gasteiger partial charge in [-0.2, -0.15) is 0 Å². The summed E-state index contributed by atoms with van der Waals surface area (Å²) in [6.07, 6.45) is 6.55. The zero-order chi connectivity index (χ0) is 27.2. The number of nitrogens with zero attached hydrogens (tertiary/aromatic N) is 2. The zero-order valence-electron chi connectivity index (χ0n) is 21.5. The fourth-order valence-corrected chi connectivity index (χ4v) is 6.08. The van der Waals surface area contributed by atoms with Gasteiger partial charge in [-0.3, -0.25) is 13.9 Å². The van der Waals surface area contributed by atoms with E-state index in [1.165, 1.54) is 23.1 Å². The maximum Gasteiger partial charge on any atom is 0.244 e. The van der Waals surface area contributed by atoms with Gasteiger partial charge in [-0.05, 0) is 55.5 Å². The summed E-state index contributed by atoms with van der Waals surface area (Å²) < 4.78 is 26.5. The molecule has 1 aliphatic carbocycles. The molecule has 2 aromatic carbocycles. The Morgan fingerprint density at radius 1 is 1.05 bits per heavy atom. The number of amides is 2. The number of halogens is 2. The first-order valence-electron chi connectivity index (χ1n) is 12.6. The fraction of sp³-hybridized carbons (Fsp3) is 0.481. The largest absolute Gasteiger partial charge is 0.352 e. The van der Waals surface area contributed by atoms with Gasteiger partial charge in [0.2, 0.25) is 21.8 Å². The van der Waals surface area contributed by atoms with Crippen molar-refractivity contribution in [3.05, 3.63) is 63.6 Å². The van der Waals surface area contributed by atoms with Gasteiger partial charge >= 0.3 is 0 Å². The summed E-state index contributed by atoms with van der Waals surface area (Å²) in [5.41, 5.74) is 2.05. The van der Waals surface area contributed by atoms with E-state index in [1.807, 2.05) is 38.1 Å². The quantitative estimate of drug-likeness (QED) is 0.420. The number of aryl methyl sites for hydroxylation is 1. The van der Waals surface area contributed by atoms with Crippen molar-refractivity contribution in [1.29, 1.82) is 0 Å². The lowest BCUT2D eigenvalue weighted by Crippen LogP contribution is -2.54. The highest BCUT2D eigenvalue weighted by atomic mass is 35.5. The van der Waals surface area contributed by atoms with Crippen molar-refractivity contribution in [3.8, 4) is 0 Å². The third-order valence-corrected chi connectivity index (χ3v) is 8.33. The summed E-state index contributed by atoms with van der Waals surface area (Å²) in [4.78, 5) is 28.8. The summed E-state index contributed by atoms with van der Waals surface area (Å²) in [6.45, 7) is 3.48. The highest BCUT2D eigenvalue weighted by Gasteiger charge is 2.33. The van der Waals surface area contributed by atoms with Crippen molar-refractivity contribution in [3.63, 3.8) is 0 Å².